The number of hydrogen-bond donors (Lipinski definition) is 1. The summed E-state index contributed by atoms with van der Waals surface area (Å²) < 4.78 is 0. The fourth-order valence-corrected chi connectivity index (χ4v) is 0.766. The molecule has 0 bridgehead atoms. The average Bonchev–Trinajstić information content (AvgIpc) is 1.81. The zero-order valence-electron chi connectivity index (χ0n) is 6.72. The summed E-state index contributed by atoms with van der Waals surface area (Å²) in [7, 11) is 0. The van der Waals surface area contributed by atoms with E-state index in [-0.39, 0.29) is 5.92 Å². The van der Waals surface area contributed by atoms with Crippen LogP contribution in [0.5, 0.6) is 0 Å². The maximum atomic E-state index is 10.4. The van der Waals surface area contributed by atoms with Crippen LogP contribution in [-0.2, 0) is 4.79 Å². The molecule has 1 N–H and O–H groups in total. The Morgan fingerprint density at radius 1 is 1.60 bits per heavy atom. The second-order valence-corrected chi connectivity index (χ2v) is 2.60. The monoisotopic (exact) mass is 142 g/mol. The molecule has 2 heteroatoms. The van der Waals surface area contributed by atoms with Crippen molar-refractivity contribution in [2.24, 2.45) is 5.92 Å². The fourth-order valence-electron chi connectivity index (χ4n) is 0.766. The Kier molecular flexibility index (Phi) is 3.77. The molecule has 0 amide bonds. The van der Waals surface area contributed by atoms with Gasteiger partial charge in [-0.3, -0.25) is 4.79 Å². The molecule has 1 atom stereocenters. The largest absolute Gasteiger partial charge is 0.481 e. The number of carboxylic acids is 1. The van der Waals surface area contributed by atoms with Crippen LogP contribution in [0.3, 0.4) is 0 Å². The summed E-state index contributed by atoms with van der Waals surface area (Å²) in [5.74, 6) is -1.03. The normalized spacial score (nSPS) is 12.3. The smallest absolute Gasteiger partial charge is 0.310 e. The second kappa shape index (κ2) is 4.09. The topological polar surface area (TPSA) is 37.3 Å². The minimum Gasteiger partial charge on any atom is -0.481 e. The Balaban J connectivity index is 4.09. The lowest BCUT2D eigenvalue weighted by atomic mass is 10.0. The summed E-state index contributed by atoms with van der Waals surface area (Å²) in [6.07, 6.45) is 2.45. The van der Waals surface area contributed by atoms with Gasteiger partial charge in [-0.15, -0.1) is 0 Å². The van der Waals surface area contributed by atoms with Crippen LogP contribution in [0.2, 0.25) is 0 Å². The number of carbonyl (C=O) groups is 1. The third kappa shape index (κ3) is 3.28. The van der Waals surface area contributed by atoms with Crippen molar-refractivity contribution in [1.82, 2.24) is 0 Å². The molecule has 0 saturated heterocycles. The standard InChI is InChI=1S/C8H14O2/c1-4-7(8(9)10)5-6(2)3/h5,7H,4H2,1-3H3,(H,9,10)/t7-/m0/s1. The summed E-state index contributed by atoms with van der Waals surface area (Å²) in [5.41, 5.74) is 1.06. The predicted molar refractivity (Wildman–Crippen MR) is 40.8 cm³/mol. The zero-order chi connectivity index (χ0) is 8.15. The SMILES string of the molecule is CC[C@@H](C=C(C)C)C(=O)O. The predicted octanol–water partition coefficient (Wildman–Crippen LogP) is 2.06. The van der Waals surface area contributed by atoms with Gasteiger partial charge in [-0.1, -0.05) is 18.6 Å². The van der Waals surface area contributed by atoms with Gasteiger partial charge in [-0.25, -0.2) is 0 Å². The van der Waals surface area contributed by atoms with Gasteiger partial charge < -0.3 is 5.11 Å². The maximum absolute atomic E-state index is 10.4. The van der Waals surface area contributed by atoms with E-state index in [1.54, 1.807) is 6.08 Å². The van der Waals surface area contributed by atoms with Crippen LogP contribution < -0.4 is 0 Å². The lowest BCUT2D eigenvalue weighted by Crippen LogP contribution is -2.09. The lowest BCUT2D eigenvalue weighted by molar-refractivity contribution is -0.140. The van der Waals surface area contributed by atoms with Crippen molar-refractivity contribution < 1.29 is 9.90 Å². The Bertz CT molecular complexity index is 143. The molecule has 0 radical (unpaired) electrons. The van der Waals surface area contributed by atoms with Crippen molar-refractivity contribution in [3.8, 4) is 0 Å². The Morgan fingerprint density at radius 3 is 2.20 bits per heavy atom. The molecule has 0 aliphatic carbocycles. The minimum atomic E-state index is -0.733. The minimum absolute atomic E-state index is 0.301. The Hall–Kier alpha value is -0.790. The number of rotatable bonds is 3. The van der Waals surface area contributed by atoms with E-state index >= 15 is 0 Å². The summed E-state index contributed by atoms with van der Waals surface area (Å²) in [5, 5.41) is 8.58. The van der Waals surface area contributed by atoms with Gasteiger partial charge in [-0.05, 0) is 20.3 Å². The van der Waals surface area contributed by atoms with Gasteiger partial charge in [0.15, 0.2) is 0 Å². The van der Waals surface area contributed by atoms with Crippen LogP contribution in [-0.4, -0.2) is 11.1 Å². The molecule has 0 heterocycles. The van der Waals surface area contributed by atoms with Crippen LogP contribution in [0.25, 0.3) is 0 Å². The van der Waals surface area contributed by atoms with Crippen molar-refractivity contribution in [2.45, 2.75) is 27.2 Å². The summed E-state index contributed by atoms with van der Waals surface area (Å²) >= 11 is 0. The molecule has 10 heavy (non-hydrogen) atoms. The molecule has 0 unspecified atom stereocenters. The number of hydrogen-bond acceptors (Lipinski definition) is 1. The van der Waals surface area contributed by atoms with Crippen molar-refractivity contribution in [2.75, 3.05) is 0 Å². The van der Waals surface area contributed by atoms with Crippen LogP contribution in [0.15, 0.2) is 11.6 Å². The van der Waals surface area contributed by atoms with E-state index in [1.165, 1.54) is 0 Å². The third-order valence-electron chi connectivity index (χ3n) is 1.29. The van der Waals surface area contributed by atoms with E-state index in [4.69, 9.17) is 5.11 Å². The molecule has 0 aromatic rings. The highest BCUT2D eigenvalue weighted by atomic mass is 16.4. The van der Waals surface area contributed by atoms with Crippen molar-refractivity contribution in [3.63, 3.8) is 0 Å². The lowest BCUT2D eigenvalue weighted by Gasteiger charge is -2.02. The maximum Gasteiger partial charge on any atom is 0.310 e. The highest BCUT2D eigenvalue weighted by Gasteiger charge is 2.10. The summed E-state index contributed by atoms with van der Waals surface area (Å²) in [6, 6.07) is 0. The van der Waals surface area contributed by atoms with Gasteiger partial charge in [-0.2, -0.15) is 0 Å². The van der Waals surface area contributed by atoms with Gasteiger partial charge in [0.1, 0.15) is 0 Å². The zero-order valence-corrected chi connectivity index (χ0v) is 6.72. The molecule has 2 nitrogen and oxygen atoms in total. The van der Waals surface area contributed by atoms with E-state index in [9.17, 15) is 4.79 Å². The van der Waals surface area contributed by atoms with Crippen LogP contribution in [0, 0.1) is 5.92 Å². The molecular formula is C8H14O2. The first-order valence-corrected chi connectivity index (χ1v) is 3.45. The Morgan fingerprint density at radius 2 is 2.10 bits per heavy atom. The molecule has 58 valence electrons. The fraction of sp³-hybridized carbons (Fsp3) is 0.625. The van der Waals surface area contributed by atoms with E-state index in [1.807, 2.05) is 20.8 Å². The first-order valence-electron chi connectivity index (χ1n) is 3.45. The second-order valence-electron chi connectivity index (χ2n) is 2.60. The van der Waals surface area contributed by atoms with Crippen LogP contribution in [0.1, 0.15) is 27.2 Å². The highest BCUT2D eigenvalue weighted by molar-refractivity contribution is 5.72. The van der Waals surface area contributed by atoms with Crippen LogP contribution >= 0.6 is 0 Å². The number of allylic oxidation sites excluding steroid dienone is 1. The summed E-state index contributed by atoms with van der Waals surface area (Å²) in [4.78, 5) is 10.4. The molecule has 0 saturated carbocycles. The van der Waals surface area contributed by atoms with Gasteiger partial charge in [0.25, 0.3) is 0 Å². The quantitative estimate of drug-likeness (QED) is 0.612. The Labute approximate surface area is 61.6 Å². The first-order chi connectivity index (χ1) is 4.57. The molecule has 0 aromatic carbocycles. The van der Waals surface area contributed by atoms with Gasteiger partial charge in [0.05, 0.1) is 5.92 Å². The average molecular weight is 142 g/mol. The van der Waals surface area contributed by atoms with E-state index in [0.29, 0.717) is 6.42 Å². The molecule has 0 aliphatic rings. The molecule has 0 aromatic heterocycles. The number of carboxylic acid groups (broad SMARTS) is 1. The van der Waals surface area contributed by atoms with Crippen molar-refractivity contribution in [1.29, 1.82) is 0 Å². The number of aliphatic carboxylic acids is 1. The molecule has 0 spiro atoms. The van der Waals surface area contributed by atoms with E-state index in [2.05, 4.69) is 0 Å². The van der Waals surface area contributed by atoms with Crippen molar-refractivity contribution in [3.05, 3.63) is 11.6 Å². The van der Waals surface area contributed by atoms with Crippen molar-refractivity contribution >= 4 is 5.97 Å². The molecule has 0 fully saturated rings. The van der Waals surface area contributed by atoms with E-state index in [0.717, 1.165) is 5.57 Å². The molecule has 0 rings (SSSR count). The first kappa shape index (κ1) is 9.21. The third-order valence-corrected chi connectivity index (χ3v) is 1.29. The van der Waals surface area contributed by atoms with Crippen LogP contribution in [0.4, 0.5) is 0 Å². The molecular weight excluding hydrogens is 128 g/mol. The van der Waals surface area contributed by atoms with Gasteiger partial charge in [0.2, 0.25) is 0 Å². The van der Waals surface area contributed by atoms with E-state index < -0.39 is 5.97 Å². The van der Waals surface area contributed by atoms with Gasteiger partial charge >= 0.3 is 5.97 Å². The van der Waals surface area contributed by atoms with Gasteiger partial charge in [0, 0.05) is 0 Å². The summed E-state index contributed by atoms with van der Waals surface area (Å²) in [6.45, 7) is 5.69. The highest BCUT2D eigenvalue weighted by Crippen LogP contribution is 2.07. The molecule has 0 aliphatic heterocycles.